The van der Waals surface area contributed by atoms with E-state index in [1.54, 1.807) is 18.2 Å². The second kappa shape index (κ2) is 11.0. The maximum absolute atomic E-state index is 12.4. The van der Waals surface area contributed by atoms with Crippen molar-refractivity contribution in [1.29, 1.82) is 0 Å². The molecule has 1 N–H and O–H groups in total. The summed E-state index contributed by atoms with van der Waals surface area (Å²) in [6.45, 7) is 4.45. The topological polar surface area (TPSA) is 82.0 Å². The smallest absolute Gasteiger partial charge is 0.292 e. The Hall–Kier alpha value is -2.91. The highest BCUT2D eigenvalue weighted by Crippen LogP contribution is 2.34. The molecule has 0 aliphatic carbocycles. The van der Waals surface area contributed by atoms with Crippen LogP contribution in [0.2, 0.25) is 5.02 Å². The van der Waals surface area contributed by atoms with Crippen molar-refractivity contribution < 1.29 is 9.72 Å². The zero-order valence-corrected chi connectivity index (χ0v) is 20.5. The van der Waals surface area contributed by atoms with Gasteiger partial charge in [0.1, 0.15) is 5.69 Å². The number of benzene rings is 2. The predicted octanol–water partition coefficient (Wildman–Crippen LogP) is 4.00. The van der Waals surface area contributed by atoms with Crippen LogP contribution in [0.25, 0.3) is 0 Å². The number of hydrogen-bond acceptors (Lipinski definition) is 6. The Morgan fingerprint density at radius 2 is 1.65 bits per heavy atom. The molecule has 0 atom stereocenters. The molecule has 4 rings (SSSR count). The summed E-state index contributed by atoms with van der Waals surface area (Å²) in [5.74, 6) is -0.156. The minimum atomic E-state index is -0.295. The third kappa shape index (κ3) is 5.95. The van der Waals surface area contributed by atoms with Crippen molar-refractivity contribution in [3.05, 3.63) is 63.2 Å². The van der Waals surface area contributed by atoms with Gasteiger partial charge in [-0.25, -0.2) is 0 Å². The van der Waals surface area contributed by atoms with E-state index in [4.69, 9.17) is 23.8 Å². The van der Waals surface area contributed by atoms with Crippen LogP contribution in [0.15, 0.2) is 42.5 Å². The molecule has 0 bridgehead atoms. The minimum absolute atomic E-state index is 0.156. The number of thiocarbonyl (C=S) groups is 1. The Balaban J connectivity index is 1.34. The number of carbonyl (C=O) groups is 1. The number of halogens is 1. The van der Waals surface area contributed by atoms with Crippen LogP contribution in [0.3, 0.4) is 0 Å². The fourth-order valence-corrected chi connectivity index (χ4v) is 4.87. The number of hydrogen-bond donors (Lipinski definition) is 1. The summed E-state index contributed by atoms with van der Waals surface area (Å²) in [7, 11) is 0. The van der Waals surface area contributed by atoms with Crippen molar-refractivity contribution in [3.8, 4) is 0 Å². The lowest BCUT2D eigenvalue weighted by atomic mass is 10.1. The van der Waals surface area contributed by atoms with Gasteiger partial charge in [0.05, 0.1) is 11.3 Å². The van der Waals surface area contributed by atoms with Crippen LogP contribution >= 0.6 is 23.8 Å². The summed E-state index contributed by atoms with van der Waals surface area (Å²) in [6, 6.07) is 12.6. The third-order valence-corrected chi connectivity index (χ3v) is 6.92. The van der Waals surface area contributed by atoms with Crippen molar-refractivity contribution >= 4 is 51.9 Å². The summed E-state index contributed by atoms with van der Waals surface area (Å²) in [5, 5.41) is 15.5. The van der Waals surface area contributed by atoms with E-state index in [2.05, 4.69) is 15.1 Å². The number of nitrogens with one attached hydrogen (secondary N) is 1. The van der Waals surface area contributed by atoms with Gasteiger partial charge in [-0.2, -0.15) is 0 Å². The van der Waals surface area contributed by atoms with E-state index >= 15 is 0 Å². The molecule has 0 saturated carbocycles. The lowest BCUT2D eigenvalue weighted by Crippen LogP contribution is -2.53. The SMILES string of the molecule is O=C(Cc1ccc(Cl)cc1)NC(=S)N1CCN(c2ccc([N+](=O)[O-])c(N3CCCCC3)c2)CC1. The van der Waals surface area contributed by atoms with E-state index in [0.717, 1.165) is 37.2 Å². The van der Waals surface area contributed by atoms with E-state index in [1.807, 2.05) is 29.2 Å². The van der Waals surface area contributed by atoms with Gasteiger partial charge >= 0.3 is 0 Å². The predicted molar refractivity (Wildman–Crippen MR) is 139 cm³/mol. The molecule has 2 aliphatic rings. The van der Waals surface area contributed by atoms with Crippen LogP contribution in [0, 0.1) is 10.1 Å². The van der Waals surface area contributed by atoms with Gasteiger partial charge in [0.25, 0.3) is 5.69 Å². The molecule has 2 heterocycles. The molecule has 0 aromatic heterocycles. The molecule has 2 aliphatic heterocycles. The Morgan fingerprint density at radius 3 is 2.29 bits per heavy atom. The average molecular weight is 502 g/mol. The molecule has 1 amide bonds. The van der Waals surface area contributed by atoms with Crippen molar-refractivity contribution in [2.45, 2.75) is 25.7 Å². The minimum Gasteiger partial charge on any atom is -0.368 e. The number of anilines is 2. The summed E-state index contributed by atoms with van der Waals surface area (Å²) < 4.78 is 0. The maximum atomic E-state index is 12.4. The monoisotopic (exact) mass is 501 g/mol. The van der Waals surface area contributed by atoms with Crippen LogP contribution in [-0.4, -0.2) is 60.1 Å². The number of amides is 1. The van der Waals surface area contributed by atoms with Crippen molar-refractivity contribution in [3.63, 3.8) is 0 Å². The third-order valence-electron chi connectivity index (χ3n) is 6.31. The van der Waals surface area contributed by atoms with Crippen LogP contribution < -0.4 is 15.1 Å². The second-order valence-corrected chi connectivity index (χ2v) is 9.43. The number of nitrogens with zero attached hydrogens (tertiary/aromatic N) is 4. The first-order chi connectivity index (χ1) is 16.4. The molecule has 0 radical (unpaired) electrons. The van der Waals surface area contributed by atoms with Crippen molar-refractivity contribution in [2.24, 2.45) is 0 Å². The molecule has 2 fully saturated rings. The van der Waals surface area contributed by atoms with Gasteiger partial charge in [-0.05, 0) is 61.3 Å². The van der Waals surface area contributed by atoms with Crippen LogP contribution in [0.1, 0.15) is 24.8 Å². The number of piperidine rings is 1. The van der Waals surface area contributed by atoms with Gasteiger partial charge in [0, 0.05) is 56.0 Å². The number of carbonyl (C=O) groups excluding carboxylic acids is 1. The molecule has 2 aromatic carbocycles. The van der Waals surface area contributed by atoms with E-state index in [-0.39, 0.29) is 22.9 Å². The summed E-state index contributed by atoms with van der Waals surface area (Å²) in [5.41, 5.74) is 2.71. The van der Waals surface area contributed by atoms with Gasteiger partial charge < -0.3 is 20.0 Å². The zero-order chi connectivity index (χ0) is 24.1. The first-order valence-corrected chi connectivity index (χ1v) is 12.3. The van der Waals surface area contributed by atoms with E-state index < -0.39 is 0 Å². The quantitative estimate of drug-likeness (QED) is 0.376. The molecule has 180 valence electrons. The molecule has 2 saturated heterocycles. The fourth-order valence-electron chi connectivity index (χ4n) is 4.45. The molecule has 10 heteroatoms. The highest BCUT2D eigenvalue weighted by atomic mass is 35.5. The maximum Gasteiger partial charge on any atom is 0.292 e. The molecule has 0 unspecified atom stereocenters. The van der Waals surface area contributed by atoms with Gasteiger partial charge in [0.15, 0.2) is 5.11 Å². The van der Waals surface area contributed by atoms with Gasteiger partial charge in [-0.1, -0.05) is 23.7 Å². The Morgan fingerprint density at radius 1 is 0.971 bits per heavy atom. The number of piperazine rings is 1. The molecule has 34 heavy (non-hydrogen) atoms. The zero-order valence-electron chi connectivity index (χ0n) is 18.9. The first kappa shape index (κ1) is 24.2. The molecule has 0 spiro atoms. The van der Waals surface area contributed by atoms with Crippen molar-refractivity contribution in [2.75, 3.05) is 49.1 Å². The largest absolute Gasteiger partial charge is 0.368 e. The molecule has 2 aromatic rings. The van der Waals surface area contributed by atoms with Crippen LogP contribution in [0.5, 0.6) is 0 Å². The van der Waals surface area contributed by atoms with Gasteiger partial charge in [0.2, 0.25) is 5.91 Å². The summed E-state index contributed by atoms with van der Waals surface area (Å²) in [6.07, 6.45) is 3.52. The average Bonchev–Trinajstić information content (AvgIpc) is 2.85. The normalized spacial score (nSPS) is 16.3. The number of nitro benzene ring substituents is 1. The van der Waals surface area contributed by atoms with Gasteiger partial charge in [-0.15, -0.1) is 0 Å². The van der Waals surface area contributed by atoms with E-state index in [9.17, 15) is 14.9 Å². The molecule has 8 nitrogen and oxygen atoms in total. The van der Waals surface area contributed by atoms with E-state index in [0.29, 0.717) is 42.0 Å². The van der Waals surface area contributed by atoms with Crippen LogP contribution in [-0.2, 0) is 11.2 Å². The standard InChI is InChI=1S/C24H28ClN5O3S/c25-19-6-4-18(5-7-19)16-23(31)26-24(34)29-14-12-27(13-15-29)20-8-9-21(30(32)33)22(17-20)28-10-2-1-3-11-28/h4-9,17H,1-3,10-16H2,(H,26,31,34). The number of nitro groups is 1. The van der Waals surface area contributed by atoms with Crippen LogP contribution in [0.4, 0.5) is 17.1 Å². The Kier molecular flexibility index (Phi) is 7.84. The molecular weight excluding hydrogens is 474 g/mol. The molecular formula is C24H28ClN5O3S. The Bertz CT molecular complexity index is 1050. The van der Waals surface area contributed by atoms with Gasteiger partial charge in [-0.3, -0.25) is 14.9 Å². The summed E-state index contributed by atoms with van der Waals surface area (Å²) >= 11 is 11.4. The second-order valence-electron chi connectivity index (χ2n) is 8.61. The highest BCUT2D eigenvalue weighted by Gasteiger charge is 2.25. The summed E-state index contributed by atoms with van der Waals surface area (Å²) in [4.78, 5) is 30.0. The fraction of sp³-hybridized carbons (Fsp3) is 0.417. The highest BCUT2D eigenvalue weighted by molar-refractivity contribution is 7.80. The van der Waals surface area contributed by atoms with Crippen molar-refractivity contribution in [1.82, 2.24) is 10.2 Å². The number of rotatable bonds is 5. The lowest BCUT2D eigenvalue weighted by molar-refractivity contribution is -0.384. The first-order valence-electron chi connectivity index (χ1n) is 11.5. The lowest BCUT2D eigenvalue weighted by Gasteiger charge is -2.37. The Labute approximate surface area is 209 Å². The van der Waals surface area contributed by atoms with E-state index in [1.165, 1.54) is 6.42 Å².